The SMILES string of the molecule is CO[C@H]1/C=C/O[C@@]2(C)Oc3c(C)c(O)c4c(O)c(c5c(c4c3C2=O)=NC2(CCN(Cc3ccccc3)C2)CN=5)NC(=O)/C(C)=C\C=C\[C@H](C)[C@H](O)[C@@H](C)[C@@H](O)[C@@H](C)[C@H](OC(C)=O)[C@@H]1C. The Balaban J connectivity index is 1.40. The van der Waals surface area contributed by atoms with Gasteiger partial charge in [-0.2, -0.15) is 0 Å². The Morgan fingerprint density at radius 1 is 0.969 bits per heavy atom. The van der Waals surface area contributed by atoms with Crippen molar-refractivity contribution in [3.63, 3.8) is 0 Å². The van der Waals surface area contributed by atoms with E-state index in [-0.39, 0.29) is 61.9 Å². The number of phenols is 2. The molecule has 1 spiro atoms. The van der Waals surface area contributed by atoms with Crippen molar-refractivity contribution in [2.24, 2.45) is 33.7 Å². The van der Waals surface area contributed by atoms with Crippen LogP contribution >= 0.6 is 0 Å². The quantitative estimate of drug-likeness (QED) is 0.174. The fourth-order valence-electron chi connectivity index (χ4n) is 9.61. The van der Waals surface area contributed by atoms with E-state index in [2.05, 4.69) is 22.3 Å². The van der Waals surface area contributed by atoms with Crippen molar-refractivity contribution >= 4 is 34.1 Å². The number of amides is 1. The van der Waals surface area contributed by atoms with E-state index in [0.29, 0.717) is 19.5 Å². The maximum Gasteiger partial charge on any atom is 0.312 e. The van der Waals surface area contributed by atoms with Gasteiger partial charge < -0.3 is 44.7 Å². The number of likely N-dealkylation sites (tertiary alicyclic amines) is 1. The van der Waals surface area contributed by atoms with Gasteiger partial charge in [0.25, 0.3) is 11.7 Å². The lowest BCUT2D eigenvalue weighted by atomic mass is 9.78. The smallest absolute Gasteiger partial charge is 0.312 e. The fourth-order valence-corrected chi connectivity index (χ4v) is 9.61. The molecule has 1 saturated heterocycles. The van der Waals surface area contributed by atoms with Crippen LogP contribution in [0.3, 0.4) is 0 Å². The first-order valence-corrected chi connectivity index (χ1v) is 21.9. The van der Waals surface area contributed by atoms with Gasteiger partial charge in [-0.15, -0.1) is 0 Å². The van der Waals surface area contributed by atoms with E-state index in [9.17, 15) is 34.8 Å². The van der Waals surface area contributed by atoms with E-state index >= 15 is 0 Å². The molecule has 4 aliphatic rings. The van der Waals surface area contributed by atoms with Crippen LogP contribution in [0, 0.1) is 30.6 Å². The highest BCUT2D eigenvalue weighted by atomic mass is 16.7. The van der Waals surface area contributed by atoms with Crippen molar-refractivity contribution in [1.29, 1.82) is 0 Å². The first-order valence-electron chi connectivity index (χ1n) is 21.9. The second-order valence-corrected chi connectivity index (χ2v) is 18.2. The number of ether oxygens (including phenoxy) is 4. The van der Waals surface area contributed by atoms with Gasteiger partial charge in [-0.1, -0.05) is 76.3 Å². The Labute approximate surface area is 372 Å². The molecule has 64 heavy (non-hydrogen) atoms. The highest BCUT2D eigenvalue weighted by Gasteiger charge is 2.50. The van der Waals surface area contributed by atoms with Crippen LogP contribution in [0.4, 0.5) is 5.69 Å². The molecule has 0 saturated carbocycles. The summed E-state index contributed by atoms with van der Waals surface area (Å²) in [4.78, 5) is 53.9. The number of nitrogens with one attached hydrogen (secondary N) is 1. The summed E-state index contributed by atoms with van der Waals surface area (Å²) in [7, 11) is 1.47. The van der Waals surface area contributed by atoms with Gasteiger partial charge in [-0.25, -0.2) is 0 Å². The molecule has 4 bridgehead atoms. The predicted octanol–water partition coefficient (Wildman–Crippen LogP) is 4.95. The number of hydrogen-bond acceptors (Lipinski definition) is 14. The molecule has 0 aromatic heterocycles. The maximum absolute atomic E-state index is 14.9. The first-order chi connectivity index (χ1) is 30.3. The molecule has 15 heteroatoms. The van der Waals surface area contributed by atoms with E-state index in [4.69, 9.17) is 28.9 Å². The van der Waals surface area contributed by atoms with Gasteiger partial charge in [0, 0.05) is 80.8 Å². The summed E-state index contributed by atoms with van der Waals surface area (Å²) in [5.41, 5.74) is 0.755. The number of hydrogen-bond donors (Lipinski definition) is 5. The number of fused-ring (bicyclic) bond motifs is 1. The van der Waals surface area contributed by atoms with Crippen LogP contribution in [0.5, 0.6) is 17.2 Å². The van der Waals surface area contributed by atoms with Crippen molar-refractivity contribution < 1.29 is 53.8 Å². The van der Waals surface area contributed by atoms with Gasteiger partial charge in [0.1, 0.15) is 28.6 Å². The third kappa shape index (κ3) is 8.53. The number of aliphatic hydroxyl groups is 2. The Morgan fingerprint density at radius 2 is 1.69 bits per heavy atom. The molecule has 4 aliphatic heterocycles. The monoisotopic (exact) mass is 880 g/mol. The van der Waals surface area contributed by atoms with E-state index < -0.39 is 82.8 Å². The molecular weight excluding hydrogens is 821 g/mol. The molecule has 0 aliphatic carbocycles. The summed E-state index contributed by atoms with van der Waals surface area (Å²) in [6.45, 7) is 15.1. The number of allylic oxidation sites excluding steroid dienone is 2. The van der Waals surface area contributed by atoms with Crippen LogP contribution < -0.4 is 20.8 Å². The van der Waals surface area contributed by atoms with E-state index in [1.807, 2.05) is 18.2 Å². The van der Waals surface area contributed by atoms with Crippen LogP contribution in [0.15, 0.2) is 76.5 Å². The van der Waals surface area contributed by atoms with Crippen LogP contribution in [-0.2, 0) is 30.3 Å². The number of aromatic hydroxyl groups is 2. The summed E-state index contributed by atoms with van der Waals surface area (Å²) in [6.07, 6.45) is 4.55. The first kappa shape index (κ1) is 46.4. The number of esters is 1. The molecule has 7 rings (SSSR count). The number of aliphatic hydroxyl groups excluding tert-OH is 2. The lowest BCUT2D eigenvalue weighted by Gasteiger charge is -2.38. The lowest BCUT2D eigenvalue weighted by Crippen LogP contribution is -2.46. The minimum Gasteiger partial charge on any atom is -0.507 e. The van der Waals surface area contributed by atoms with Gasteiger partial charge in [-0.3, -0.25) is 29.3 Å². The molecule has 0 radical (unpaired) electrons. The van der Waals surface area contributed by atoms with Gasteiger partial charge in [0.05, 0.1) is 53.0 Å². The third-order valence-electron chi connectivity index (χ3n) is 13.5. The van der Waals surface area contributed by atoms with Gasteiger partial charge in [0.2, 0.25) is 0 Å². The second-order valence-electron chi connectivity index (χ2n) is 18.2. The van der Waals surface area contributed by atoms with Gasteiger partial charge >= 0.3 is 11.8 Å². The number of carbonyl (C=O) groups is 3. The molecule has 3 aromatic carbocycles. The largest absolute Gasteiger partial charge is 0.507 e. The predicted molar refractivity (Wildman–Crippen MR) is 238 cm³/mol. The zero-order chi connectivity index (χ0) is 46.4. The molecule has 15 nitrogen and oxygen atoms in total. The van der Waals surface area contributed by atoms with Gasteiger partial charge in [0.15, 0.2) is 5.75 Å². The molecule has 3 aromatic rings. The minimum atomic E-state index is -1.98. The molecule has 1 amide bonds. The highest BCUT2D eigenvalue weighted by molar-refractivity contribution is 6.19. The topological polar surface area (TPSA) is 209 Å². The van der Waals surface area contributed by atoms with Gasteiger partial charge in [-0.05, 0) is 31.9 Å². The van der Waals surface area contributed by atoms with Crippen molar-refractivity contribution in [2.75, 3.05) is 32.1 Å². The molecule has 1 unspecified atom stereocenters. The number of ketones is 1. The number of nitrogens with zero attached hydrogens (tertiary/aromatic N) is 3. The standard InChI is InChI=1S/C49H60N4O11/c1-25-14-13-15-26(2)47(60)51-39-38-37(52-49(23-50-38)19-20-53(24-49)22-32-16-11-10-12-17-32)34-35(43(39)58)42(57)30(6)45-36(34)46(59)48(8,64-45)62-21-18-33(61-9)27(3)44(63-31(7)54)29(5)41(56)28(4)40(25)55/h10-18,21,25,27-29,33,40-41,44,55-58H,19-20,22-24H2,1-9H3,(H,51,60)/b14-13+,21-18+,26-15-/t25-,27+,28+,29+,33-,40-,41+,44+,48-,49?/m0/s1. The molecular formula is C49H60N4O11. The van der Waals surface area contributed by atoms with E-state index in [1.54, 1.807) is 65.8 Å². The van der Waals surface area contributed by atoms with Crippen molar-refractivity contribution in [1.82, 2.24) is 4.90 Å². The molecule has 5 N–H and O–H groups in total. The van der Waals surface area contributed by atoms with E-state index in [1.165, 1.54) is 27.2 Å². The summed E-state index contributed by atoms with van der Waals surface area (Å²) in [5, 5.41) is 50.3. The molecule has 4 heterocycles. The minimum absolute atomic E-state index is 0.0243. The van der Waals surface area contributed by atoms with Crippen molar-refractivity contribution in [2.45, 2.75) is 104 Å². The molecule has 342 valence electrons. The number of anilines is 1. The fraction of sp³-hybridized carbons (Fsp3) is 0.490. The maximum atomic E-state index is 14.9. The summed E-state index contributed by atoms with van der Waals surface area (Å²) < 4.78 is 24.1. The average Bonchev–Trinajstić information content (AvgIpc) is 3.78. The number of phenolic OH excluding ortho intramolecular Hbond substituents is 2. The van der Waals surface area contributed by atoms with Crippen LogP contribution in [0.1, 0.15) is 76.4 Å². The summed E-state index contributed by atoms with van der Waals surface area (Å²) in [6, 6.07) is 10.1. The Morgan fingerprint density at radius 3 is 2.38 bits per heavy atom. The Kier molecular flexibility index (Phi) is 13.1. The van der Waals surface area contributed by atoms with Crippen molar-refractivity contribution in [3.05, 3.63) is 93.9 Å². The highest BCUT2D eigenvalue weighted by Crippen LogP contribution is 2.49. The lowest BCUT2D eigenvalue weighted by molar-refractivity contribution is -0.160. The van der Waals surface area contributed by atoms with Crippen LogP contribution in [0.2, 0.25) is 0 Å². The molecule has 1 fully saturated rings. The molecule has 10 atom stereocenters. The number of Topliss-reactive ketones (excluding diaryl/α,β-unsaturated/α-hetero) is 1. The van der Waals surface area contributed by atoms with E-state index in [0.717, 1.165) is 12.1 Å². The Hall–Kier alpha value is -5.61. The number of methoxy groups -OCH3 is 1. The average molecular weight is 881 g/mol. The van der Waals surface area contributed by atoms with Crippen molar-refractivity contribution in [3.8, 4) is 17.2 Å². The summed E-state index contributed by atoms with van der Waals surface area (Å²) in [5.74, 6) is -7.01. The normalized spacial score (nSPS) is 33.0. The zero-order valence-electron chi connectivity index (χ0n) is 37.9. The number of carbonyl (C=O) groups excluding carboxylic acids is 3. The van der Waals surface area contributed by atoms with Crippen LogP contribution in [0.25, 0.3) is 10.8 Å². The number of benzene rings is 3. The summed E-state index contributed by atoms with van der Waals surface area (Å²) >= 11 is 0. The Bertz CT molecular complexity index is 2560. The van der Waals surface area contributed by atoms with Crippen LogP contribution in [-0.4, -0.2) is 105 Å². The number of rotatable bonds is 4. The zero-order valence-corrected chi connectivity index (χ0v) is 37.9. The second kappa shape index (κ2) is 18.1. The third-order valence-corrected chi connectivity index (χ3v) is 13.5.